The van der Waals surface area contributed by atoms with E-state index in [0.29, 0.717) is 12.1 Å². The number of halogens is 4. The molecule has 0 aliphatic carbocycles. The zero-order chi connectivity index (χ0) is 14.6. The molecule has 0 radical (unpaired) electrons. The monoisotopic (exact) mass is 310 g/mol. The van der Waals surface area contributed by atoms with Crippen molar-refractivity contribution in [1.29, 1.82) is 0 Å². The Balaban J connectivity index is 0.00000361. The molecule has 1 aromatic carbocycles. The molecule has 1 aromatic rings. The fourth-order valence-corrected chi connectivity index (χ4v) is 1.59. The molecular weight excluding hydrogens is 293 g/mol. The number of anilines is 1. The number of hydrogen-bond donors (Lipinski definition) is 2. The van der Waals surface area contributed by atoms with Gasteiger partial charge in [0.1, 0.15) is 0 Å². The Kier molecular flexibility index (Phi) is 7.02. The third kappa shape index (κ3) is 5.02. The van der Waals surface area contributed by atoms with Crippen molar-refractivity contribution < 1.29 is 18.0 Å². The molecule has 2 N–H and O–H groups in total. The van der Waals surface area contributed by atoms with Crippen LogP contribution in [0.15, 0.2) is 18.2 Å². The van der Waals surface area contributed by atoms with Crippen LogP contribution in [0.4, 0.5) is 18.9 Å². The number of hydrogen-bond acceptors (Lipinski definition) is 2. The van der Waals surface area contributed by atoms with E-state index in [9.17, 15) is 18.0 Å². The SMILES string of the molecule is CNCC(C)C(=O)Nc1cc(C(F)(F)F)ccc1C.Cl. The minimum Gasteiger partial charge on any atom is -0.326 e. The number of nitrogens with one attached hydrogen (secondary N) is 2. The topological polar surface area (TPSA) is 41.1 Å². The summed E-state index contributed by atoms with van der Waals surface area (Å²) in [5.74, 6) is -0.629. The maximum absolute atomic E-state index is 12.6. The van der Waals surface area contributed by atoms with Gasteiger partial charge >= 0.3 is 6.18 Å². The van der Waals surface area contributed by atoms with Crippen LogP contribution < -0.4 is 10.6 Å². The molecule has 20 heavy (non-hydrogen) atoms. The zero-order valence-electron chi connectivity index (χ0n) is 11.5. The second-order valence-electron chi connectivity index (χ2n) is 4.48. The lowest BCUT2D eigenvalue weighted by Gasteiger charge is -2.15. The highest BCUT2D eigenvalue weighted by Crippen LogP contribution is 2.32. The van der Waals surface area contributed by atoms with Gasteiger partial charge in [0, 0.05) is 18.2 Å². The van der Waals surface area contributed by atoms with Crippen LogP contribution in [0.5, 0.6) is 0 Å². The van der Waals surface area contributed by atoms with Crippen molar-refractivity contribution in [3.05, 3.63) is 29.3 Å². The molecular formula is C13H18ClF3N2O. The summed E-state index contributed by atoms with van der Waals surface area (Å²) < 4.78 is 37.8. The second-order valence-corrected chi connectivity index (χ2v) is 4.48. The van der Waals surface area contributed by atoms with E-state index in [0.717, 1.165) is 12.1 Å². The van der Waals surface area contributed by atoms with Gasteiger partial charge in [0.2, 0.25) is 5.91 Å². The highest BCUT2D eigenvalue weighted by molar-refractivity contribution is 5.93. The predicted octanol–water partition coefficient (Wildman–Crippen LogP) is 3.23. The van der Waals surface area contributed by atoms with Gasteiger partial charge in [-0.05, 0) is 31.7 Å². The summed E-state index contributed by atoms with van der Waals surface area (Å²) in [6.07, 6.45) is -4.41. The standard InChI is InChI=1S/C13H17F3N2O.ClH/c1-8-4-5-10(13(14,15)16)6-11(8)18-12(19)9(2)7-17-3;/h4-6,9,17H,7H2,1-3H3,(H,18,19);1H. The normalized spacial score (nSPS) is 12.5. The van der Waals surface area contributed by atoms with Crippen molar-refractivity contribution in [2.75, 3.05) is 18.9 Å². The van der Waals surface area contributed by atoms with Crippen LogP contribution >= 0.6 is 12.4 Å². The van der Waals surface area contributed by atoms with Crippen LogP contribution in [-0.4, -0.2) is 19.5 Å². The first-order chi connectivity index (χ1) is 8.75. The summed E-state index contributed by atoms with van der Waals surface area (Å²) in [5.41, 5.74) is 0.0236. The van der Waals surface area contributed by atoms with Gasteiger partial charge in [-0.15, -0.1) is 12.4 Å². The number of carbonyl (C=O) groups excluding carboxylic acids is 1. The largest absolute Gasteiger partial charge is 0.416 e. The Bertz CT molecular complexity index is 463. The average molecular weight is 311 g/mol. The van der Waals surface area contributed by atoms with Gasteiger partial charge in [-0.25, -0.2) is 0 Å². The Hall–Kier alpha value is -1.27. The Morgan fingerprint density at radius 2 is 1.95 bits per heavy atom. The molecule has 0 aliphatic heterocycles. The Morgan fingerprint density at radius 1 is 1.35 bits per heavy atom. The minimum atomic E-state index is -4.41. The van der Waals surface area contributed by atoms with Crippen LogP contribution in [0.2, 0.25) is 0 Å². The van der Waals surface area contributed by atoms with Gasteiger partial charge in [0.15, 0.2) is 0 Å². The number of carbonyl (C=O) groups is 1. The second kappa shape index (κ2) is 7.50. The van der Waals surface area contributed by atoms with E-state index >= 15 is 0 Å². The molecule has 1 unspecified atom stereocenters. The third-order valence-electron chi connectivity index (χ3n) is 2.78. The molecule has 0 fully saturated rings. The zero-order valence-corrected chi connectivity index (χ0v) is 12.3. The van der Waals surface area contributed by atoms with Gasteiger partial charge in [-0.1, -0.05) is 13.0 Å². The third-order valence-corrected chi connectivity index (χ3v) is 2.78. The number of amides is 1. The number of rotatable bonds is 4. The van der Waals surface area contributed by atoms with Gasteiger partial charge in [-0.3, -0.25) is 4.79 Å². The lowest BCUT2D eigenvalue weighted by Crippen LogP contribution is -2.29. The van der Waals surface area contributed by atoms with Gasteiger partial charge in [0.05, 0.1) is 5.56 Å². The first-order valence-corrected chi connectivity index (χ1v) is 5.89. The van der Waals surface area contributed by atoms with Crippen LogP contribution in [-0.2, 0) is 11.0 Å². The number of benzene rings is 1. The Labute approximate surface area is 122 Å². The van der Waals surface area contributed by atoms with E-state index in [2.05, 4.69) is 10.6 Å². The predicted molar refractivity (Wildman–Crippen MR) is 75.1 cm³/mol. The van der Waals surface area contributed by atoms with Crippen LogP contribution in [0.25, 0.3) is 0 Å². The lowest BCUT2D eigenvalue weighted by molar-refractivity contribution is -0.137. The van der Waals surface area contributed by atoms with Gasteiger partial charge in [0.25, 0.3) is 0 Å². The summed E-state index contributed by atoms with van der Waals surface area (Å²) in [5, 5.41) is 5.37. The first-order valence-electron chi connectivity index (χ1n) is 5.89. The van der Waals surface area contributed by atoms with Crippen molar-refractivity contribution in [2.45, 2.75) is 20.0 Å². The molecule has 0 aliphatic rings. The maximum atomic E-state index is 12.6. The van der Waals surface area contributed by atoms with Gasteiger partial charge < -0.3 is 10.6 Å². The first kappa shape index (κ1) is 18.7. The molecule has 3 nitrogen and oxygen atoms in total. The van der Waals surface area contributed by atoms with E-state index < -0.39 is 11.7 Å². The van der Waals surface area contributed by atoms with Crippen molar-refractivity contribution in [2.24, 2.45) is 5.92 Å². The van der Waals surface area contributed by atoms with Crippen LogP contribution in [0.3, 0.4) is 0 Å². The van der Waals surface area contributed by atoms with E-state index in [-0.39, 0.29) is 29.9 Å². The molecule has 1 amide bonds. The molecule has 0 bridgehead atoms. The molecule has 1 atom stereocenters. The molecule has 0 aromatic heterocycles. The molecule has 0 saturated heterocycles. The lowest BCUT2D eigenvalue weighted by atomic mass is 10.1. The van der Waals surface area contributed by atoms with Crippen LogP contribution in [0.1, 0.15) is 18.1 Å². The van der Waals surface area contributed by atoms with Crippen molar-refractivity contribution >= 4 is 24.0 Å². The van der Waals surface area contributed by atoms with E-state index in [4.69, 9.17) is 0 Å². The van der Waals surface area contributed by atoms with E-state index in [1.54, 1.807) is 20.9 Å². The summed E-state index contributed by atoms with van der Waals surface area (Å²) >= 11 is 0. The summed E-state index contributed by atoms with van der Waals surface area (Å²) in [4.78, 5) is 11.8. The fourth-order valence-electron chi connectivity index (χ4n) is 1.59. The molecule has 0 spiro atoms. The molecule has 7 heteroatoms. The number of aryl methyl sites for hydroxylation is 1. The summed E-state index contributed by atoms with van der Waals surface area (Å²) in [6.45, 7) is 3.82. The van der Waals surface area contributed by atoms with E-state index in [1.165, 1.54) is 6.07 Å². The van der Waals surface area contributed by atoms with Crippen molar-refractivity contribution in [3.63, 3.8) is 0 Å². The summed E-state index contributed by atoms with van der Waals surface area (Å²) in [6, 6.07) is 3.31. The van der Waals surface area contributed by atoms with Crippen molar-refractivity contribution in [3.8, 4) is 0 Å². The van der Waals surface area contributed by atoms with E-state index in [1.807, 2.05) is 0 Å². The quantitative estimate of drug-likeness (QED) is 0.896. The molecule has 0 heterocycles. The highest BCUT2D eigenvalue weighted by Gasteiger charge is 2.31. The smallest absolute Gasteiger partial charge is 0.326 e. The molecule has 0 saturated carbocycles. The molecule has 1 rings (SSSR count). The average Bonchev–Trinajstić information content (AvgIpc) is 2.30. The maximum Gasteiger partial charge on any atom is 0.416 e. The highest BCUT2D eigenvalue weighted by atomic mass is 35.5. The Morgan fingerprint density at radius 3 is 2.45 bits per heavy atom. The minimum absolute atomic E-state index is 0. The molecule has 114 valence electrons. The fraction of sp³-hybridized carbons (Fsp3) is 0.462. The van der Waals surface area contributed by atoms with Gasteiger partial charge in [-0.2, -0.15) is 13.2 Å². The van der Waals surface area contributed by atoms with Crippen LogP contribution in [0, 0.1) is 12.8 Å². The number of alkyl halides is 3. The van der Waals surface area contributed by atoms with Crippen molar-refractivity contribution in [1.82, 2.24) is 5.32 Å². The summed E-state index contributed by atoms with van der Waals surface area (Å²) in [7, 11) is 1.71.